The highest BCUT2D eigenvalue weighted by Gasteiger charge is 2.37. The number of hydrogen-bond acceptors (Lipinski definition) is 4. The summed E-state index contributed by atoms with van der Waals surface area (Å²) >= 11 is 0. The minimum absolute atomic E-state index is 0.0935. The zero-order chi connectivity index (χ0) is 17.2. The number of fused-ring (bicyclic) bond motifs is 1. The van der Waals surface area contributed by atoms with Gasteiger partial charge < -0.3 is 19.3 Å². The third kappa shape index (κ3) is 3.17. The number of amides is 2. The van der Waals surface area contributed by atoms with Crippen LogP contribution in [-0.4, -0.2) is 54.1 Å². The van der Waals surface area contributed by atoms with Gasteiger partial charge in [0.05, 0.1) is 0 Å². The minimum Gasteiger partial charge on any atom is -0.454 e. The van der Waals surface area contributed by atoms with Crippen molar-refractivity contribution in [3.05, 3.63) is 23.8 Å². The first-order valence-electron chi connectivity index (χ1n) is 9.23. The van der Waals surface area contributed by atoms with Gasteiger partial charge in [-0.1, -0.05) is 12.8 Å². The zero-order valence-electron chi connectivity index (χ0n) is 14.4. The molecule has 4 rings (SSSR count). The molecule has 6 heteroatoms. The normalized spacial score (nSPS) is 22.8. The molecule has 0 N–H and O–H groups in total. The number of likely N-dealkylation sites (tertiary alicyclic amines) is 2. The van der Waals surface area contributed by atoms with E-state index in [1.807, 2.05) is 4.90 Å². The Morgan fingerprint density at radius 1 is 0.920 bits per heavy atom. The summed E-state index contributed by atoms with van der Waals surface area (Å²) in [5, 5.41) is 0. The fourth-order valence-electron chi connectivity index (χ4n) is 3.96. The molecule has 0 spiro atoms. The van der Waals surface area contributed by atoms with Gasteiger partial charge in [0, 0.05) is 25.2 Å². The van der Waals surface area contributed by atoms with Gasteiger partial charge in [0.25, 0.3) is 5.91 Å². The Hall–Kier alpha value is -2.24. The maximum absolute atomic E-state index is 13.0. The highest BCUT2D eigenvalue weighted by Crippen LogP contribution is 2.33. The van der Waals surface area contributed by atoms with Crippen LogP contribution >= 0.6 is 0 Å². The molecule has 6 nitrogen and oxygen atoms in total. The third-order valence-electron chi connectivity index (χ3n) is 5.34. The molecule has 2 amide bonds. The number of ether oxygens (including phenoxy) is 2. The SMILES string of the molecule is O=C([C@H]1CCCN1C(=O)c1ccc2c(c1)OCO2)N1CCCCCC1. The van der Waals surface area contributed by atoms with E-state index in [0.29, 0.717) is 23.6 Å². The summed E-state index contributed by atoms with van der Waals surface area (Å²) in [6.45, 7) is 2.47. The number of benzene rings is 1. The lowest BCUT2D eigenvalue weighted by atomic mass is 10.1. The van der Waals surface area contributed by atoms with E-state index in [-0.39, 0.29) is 24.6 Å². The van der Waals surface area contributed by atoms with Gasteiger partial charge in [-0.15, -0.1) is 0 Å². The van der Waals surface area contributed by atoms with Crippen molar-refractivity contribution in [2.75, 3.05) is 26.4 Å². The quantitative estimate of drug-likeness (QED) is 0.827. The average molecular weight is 344 g/mol. The van der Waals surface area contributed by atoms with Crippen molar-refractivity contribution in [2.45, 2.75) is 44.6 Å². The highest BCUT2D eigenvalue weighted by molar-refractivity contribution is 5.98. The van der Waals surface area contributed by atoms with Gasteiger partial charge in [-0.3, -0.25) is 9.59 Å². The van der Waals surface area contributed by atoms with Crippen LogP contribution in [0.4, 0.5) is 0 Å². The van der Waals surface area contributed by atoms with Gasteiger partial charge >= 0.3 is 0 Å². The Kier molecular flexibility index (Phi) is 4.51. The molecule has 0 saturated carbocycles. The van der Waals surface area contributed by atoms with Gasteiger partial charge in [0.1, 0.15) is 6.04 Å². The second-order valence-electron chi connectivity index (χ2n) is 6.96. The first-order valence-corrected chi connectivity index (χ1v) is 9.23. The molecule has 0 aliphatic carbocycles. The predicted octanol–water partition coefficient (Wildman–Crippen LogP) is 2.42. The molecule has 1 aromatic rings. The maximum Gasteiger partial charge on any atom is 0.254 e. The Morgan fingerprint density at radius 2 is 1.68 bits per heavy atom. The molecule has 134 valence electrons. The van der Waals surface area contributed by atoms with Crippen LogP contribution in [-0.2, 0) is 4.79 Å². The van der Waals surface area contributed by atoms with Crippen LogP contribution in [0.1, 0.15) is 48.9 Å². The zero-order valence-corrected chi connectivity index (χ0v) is 14.4. The maximum atomic E-state index is 13.0. The van der Waals surface area contributed by atoms with Crippen molar-refractivity contribution < 1.29 is 19.1 Å². The molecular weight excluding hydrogens is 320 g/mol. The Labute approximate surface area is 147 Å². The molecule has 25 heavy (non-hydrogen) atoms. The van der Waals surface area contributed by atoms with E-state index < -0.39 is 0 Å². The Morgan fingerprint density at radius 3 is 2.48 bits per heavy atom. The van der Waals surface area contributed by atoms with Gasteiger partial charge in [-0.05, 0) is 43.9 Å². The topological polar surface area (TPSA) is 59.1 Å². The third-order valence-corrected chi connectivity index (χ3v) is 5.34. The number of carbonyl (C=O) groups is 2. The lowest BCUT2D eigenvalue weighted by Crippen LogP contribution is -2.48. The summed E-state index contributed by atoms with van der Waals surface area (Å²) in [6, 6.07) is 4.91. The predicted molar refractivity (Wildman–Crippen MR) is 91.7 cm³/mol. The second kappa shape index (κ2) is 6.94. The molecular formula is C19H24N2O4. The summed E-state index contributed by atoms with van der Waals surface area (Å²) in [4.78, 5) is 29.6. The van der Waals surface area contributed by atoms with Crippen molar-refractivity contribution in [2.24, 2.45) is 0 Å². The van der Waals surface area contributed by atoms with E-state index in [4.69, 9.17) is 9.47 Å². The molecule has 3 heterocycles. The fourth-order valence-corrected chi connectivity index (χ4v) is 3.96. The summed E-state index contributed by atoms with van der Waals surface area (Å²) in [5.41, 5.74) is 0.555. The first kappa shape index (κ1) is 16.2. The van der Waals surface area contributed by atoms with E-state index in [2.05, 4.69) is 0 Å². The number of nitrogens with zero attached hydrogens (tertiary/aromatic N) is 2. The summed E-state index contributed by atoms with van der Waals surface area (Å²) in [6.07, 6.45) is 6.14. The lowest BCUT2D eigenvalue weighted by Gasteiger charge is -2.29. The monoisotopic (exact) mass is 344 g/mol. The molecule has 2 fully saturated rings. The van der Waals surface area contributed by atoms with E-state index >= 15 is 0 Å². The molecule has 0 radical (unpaired) electrons. The van der Waals surface area contributed by atoms with E-state index in [1.165, 1.54) is 12.8 Å². The van der Waals surface area contributed by atoms with Crippen LogP contribution in [0, 0.1) is 0 Å². The van der Waals surface area contributed by atoms with Gasteiger partial charge in [-0.25, -0.2) is 0 Å². The minimum atomic E-state index is -0.323. The lowest BCUT2D eigenvalue weighted by molar-refractivity contribution is -0.135. The summed E-state index contributed by atoms with van der Waals surface area (Å²) in [7, 11) is 0. The summed E-state index contributed by atoms with van der Waals surface area (Å²) < 4.78 is 10.7. The van der Waals surface area contributed by atoms with E-state index in [9.17, 15) is 9.59 Å². The first-order chi connectivity index (χ1) is 12.2. The second-order valence-corrected chi connectivity index (χ2v) is 6.96. The van der Waals surface area contributed by atoms with E-state index in [1.54, 1.807) is 23.1 Å². The van der Waals surface area contributed by atoms with Crippen LogP contribution in [0.15, 0.2) is 18.2 Å². The van der Waals surface area contributed by atoms with Crippen molar-refractivity contribution in [1.82, 2.24) is 9.80 Å². The fraction of sp³-hybridized carbons (Fsp3) is 0.579. The molecule has 1 aromatic carbocycles. The Balaban J connectivity index is 1.50. The molecule has 1 atom stereocenters. The number of hydrogen-bond donors (Lipinski definition) is 0. The van der Waals surface area contributed by atoms with Gasteiger partial charge in [0.2, 0.25) is 12.7 Å². The highest BCUT2D eigenvalue weighted by atomic mass is 16.7. The largest absolute Gasteiger partial charge is 0.454 e. The summed E-state index contributed by atoms with van der Waals surface area (Å²) in [5.74, 6) is 1.29. The van der Waals surface area contributed by atoms with Crippen LogP contribution in [0.2, 0.25) is 0 Å². The smallest absolute Gasteiger partial charge is 0.254 e. The van der Waals surface area contributed by atoms with Crippen molar-refractivity contribution in [3.8, 4) is 11.5 Å². The number of rotatable bonds is 2. The molecule has 0 unspecified atom stereocenters. The molecule has 2 saturated heterocycles. The van der Waals surface area contributed by atoms with Crippen LogP contribution in [0.25, 0.3) is 0 Å². The molecule has 0 bridgehead atoms. The average Bonchev–Trinajstić information content (AvgIpc) is 3.22. The van der Waals surface area contributed by atoms with Gasteiger partial charge in [0.15, 0.2) is 11.5 Å². The molecule has 3 aliphatic rings. The van der Waals surface area contributed by atoms with Crippen LogP contribution < -0.4 is 9.47 Å². The van der Waals surface area contributed by atoms with E-state index in [0.717, 1.165) is 38.8 Å². The number of carbonyl (C=O) groups excluding carboxylic acids is 2. The van der Waals surface area contributed by atoms with Crippen LogP contribution in [0.3, 0.4) is 0 Å². The van der Waals surface area contributed by atoms with Gasteiger partial charge in [-0.2, -0.15) is 0 Å². The van der Waals surface area contributed by atoms with Crippen molar-refractivity contribution >= 4 is 11.8 Å². The van der Waals surface area contributed by atoms with Crippen LogP contribution in [0.5, 0.6) is 11.5 Å². The molecule has 3 aliphatic heterocycles. The van der Waals surface area contributed by atoms with Crippen molar-refractivity contribution in [1.29, 1.82) is 0 Å². The van der Waals surface area contributed by atoms with Crippen molar-refractivity contribution in [3.63, 3.8) is 0 Å². The molecule has 0 aromatic heterocycles. The standard InChI is InChI=1S/C19H24N2O4/c22-18(14-7-8-16-17(12-14)25-13-24-16)21-11-5-6-15(21)19(23)20-9-3-1-2-4-10-20/h7-8,12,15H,1-6,9-11,13H2/t15-/m1/s1. The Bertz CT molecular complexity index is 667.